The van der Waals surface area contributed by atoms with Crippen LogP contribution in [0.25, 0.3) is 10.9 Å². The highest BCUT2D eigenvalue weighted by molar-refractivity contribution is 5.84. The minimum atomic E-state index is -1.63. The molecule has 2 N–H and O–H groups in total. The Labute approximate surface area is 218 Å². The highest BCUT2D eigenvalue weighted by Crippen LogP contribution is 2.43. The number of fused-ring (bicyclic) bond motifs is 1. The minimum Gasteiger partial charge on any atom is -0.497 e. The number of hydrogen-bond donors (Lipinski definition) is 2. The van der Waals surface area contributed by atoms with Crippen LogP contribution < -0.4 is 10.1 Å². The monoisotopic (exact) mass is 533 g/mol. The summed E-state index contributed by atoms with van der Waals surface area (Å²) < 4.78 is 62.2. The van der Waals surface area contributed by atoms with Crippen molar-refractivity contribution in [3.63, 3.8) is 0 Å². The van der Waals surface area contributed by atoms with Crippen LogP contribution in [-0.2, 0) is 4.79 Å². The largest absolute Gasteiger partial charge is 0.497 e. The maximum Gasteiger partial charge on any atom is 0.303 e. The van der Waals surface area contributed by atoms with E-state index in [9.17, 15) is 23.1 Å². The van der Waals surface area contributed by atoms with Gasteiger partial charge in [-0.1, -0.05) is 0 Å². The van der Waals surface area contributed by atoms with Crippen LogP contribution in [0.2, 0.25) is 0 Å². The van der Waals surface area contributed by atoms with Crippen molar-refractivity contribution in [1.29, 1.82) is 0 Å². The molecule has 204 valence electrons. The summed E-state index contributed by atoms with van der Waals surface area (Å²) in [6.45, 7) is 2.27. The summed E-state index contributed by atoms with van der Waals surface area (Å²) in [4.78, 5) is 17.9. The Kier molecular flexibility index (Phi) is 8.71. The number of halogens is 4. The van der Waals surface area contributed by atoms with Crippen LogP contribution in [0.5, 0.6) is 5.75 Å². The molecule has 0 aliphatic carbocycles. The number of carboxylic acid groups (broad SMARTS) is 1. The van der Waals surface area contributed by atoms with Gasteiger partial charge in [0.15, 0.2) is 0 Å². The van der Waals surface area contributed by atoms with Gasteiger partial charge in [0.25, 0.3) is 0 Å². The number of piperidine rings is 1. The molecule has 0 spiro atoms. The first-order valence-corrected chi connectivity index (χ1v) is 12.6. The molecule has 0 bridgehead atoms. The summed E-state index contributed by atoms with van der Waals surface area (Å²) >= 11 is 0. The van der Waals surface area contributed by atoms with Gasteiger partial charge in [-0.3, -0.25) is 9.78 Å². The van der Waals surface area contributed by atoms with Gasteiger partial charge in [-0.15, -0.1) is 0 Å². The molecule has 1 fully saturated rings. The summed E-state index contributed by atoms with van der Waals surface area (Å²) in [6, 6.07) is 8.12. The molecule has 2 aromatic carbocycles. The van der Waals surface area contributed by atoms with Crippen LogP contribution >= 0.6 is 0 Å². The van der Waals surface area contributed by atoms with E-state index in [1.807, 2.05) is 0 Å². The zero-order valence-electron chi connectivity index (χ0n) is 21.2. The van der Waals surface area contributed by atoms with Crippen molar-refractivity contribution < 1.29 is 32.2 Å². The van der Waals surface area contributed by atoms with E-state index in [0.29, 0.717) is 67.8 Å². The van der Waals surface area contributed by atoms with Gasteiger partial charge < -0.3 is 20.1 Å². The number of carbonyl (C=O) groups is 1. The maximum absolute atomic E-state index is 15.6. The van der Waals surface area contributed by atoms with E-state index >= 15 is 4.39 Å². The molecule has 1 aliphatic rings. The normalized spacial score (nSPS) is 16.3. The lowest BCUT2D eigenvalue weighted by Crippen LogP contribution is -2.43. The van der Waals surface area contributed by atoms with E-state index in [1.54, 1.807) is 18.2 Å². The molecule has 0 saturated carbocycles. The third-order valence-electron chi connectivity index (χ3n) is 7.37. The molecule has 38 heavy (non-hydrogen) atoms. The molecule has 0 radical (unpaired) electrons. The van der Waals surface area contributed by atoms with Gasteiger partial charge >= 0.3 is 5.97 Å². The predicted octanol–water partition coefficient (Wildman–Crippen LogP) is 6.12. The van der Waals surface area contributed by atoms with Gasteiger partial charge in [0.2, 0.25) is 0 Å². The fraction of sp³-hybridized carbons (Fsp3) is 0.429. The quantitative estimate of drug-likeness (QED) is 0.289. The lowest BCUT2D eigenvalue weighted by molar-refractivity contribution is -0.141. The average molecular weight is 534 g/mol. The van der Waals surface area contributed by atoms with Crippen LogP contribution in [0.1, 0.15) is 43.8 Å². The zero-order chi connectivity index (χ0) is 27.3. The summed E-state index contributed by atoms with van der Waals surface area (Å²) in [5, 5.41) is 12.9. The number of aromatic nitrogens is 1. The molecule has 3 aromatic rings. The Morgan fingerprint density at radius 3 is 2.53 bits per heavy atom. The van der Waals surface area contributed by atoms with E-state index in [-0.39, 0.29) is 18.4 Å². The molecular weight excluding hydrogens is 502 g/mol. The number of alkyl halides is 1. The fourth-order valence-electron chi connectivity index (χ4n) is 5.29. The van der Waals surface area contributed by atoms with Gasteiger partial charge in [0, 0.05) is 35.8 Å². The number of anilines is 1. The Morgan fingerprint density at radius 1 is 1.16 bits per heavy atom. The molecule has 0 amide bonds. The van der Waals surface area contributed by atoms with Gasteiger partial charge in [-0.05, 0) is 74.5 Å². The smallest absolute Gasteiger partial charge is 0.303 e. The number of ether oxygens (including phenoxy) is 1. The molecule has 1 atom stereocenters. The third kappa shape index (κ3) is 6.72. The van der Waals surface area contributed by atoms with E-state index in [0.717, 1.165) is 12.3 Å². The Morgan fingerprint density at radius 2 is 1.87 bits per heavy atom. The lowest BCUT2D eigenvalue weighted by atomic mass is 9.71. The van der Waals surface area contributed by atoms with E-state index in [1.165, 1.54) is 19.2 Å². The summed E-state index contributed by atoms with van der Waals surface area (Å²) in [7, 11) is 1.47. The third-order valence-corrected chi connectivity index (χ3v) is 7.37. The topological polar surface area (TPSA) is 74.7 Å². The van der Waals surface area contributed by atoms with Crippen LogP contribution in [0.4, 0.5) is 23.2 Å². The molecule has 1 saturated heterocycles. The van der Waals surface area contributed by atoms with Crippen molar-refractivity contribution in [2.75, 3.05) is 38.6 Å². The van der Waals surface area contributed by atoms with Crippen LogP contribution in [0, 0.1) is 22.9 Å². The molecule has 4 rings (SSSR count). The van der Waals surface area contributed by atoms with E-state index in [4.69, 9.17) is 4.74 Å². The van der Waals surface area contributed by atoms with Crippen LogP contribution in [0.3, 0.4) is 0 Å². The van der Waals surface area contributed by atoms with Crippen LogP contribution in [-0.4, -0.2) is 54.2 Å². The summed E-state index contributed by atoms with van der Waals surface area (Å²) in [5.41, 5.74) is 0.106. The predicted molar refractivity (Wildman–Crippen MR) is 137 cm³/mol. The van der Waals surface area contributed by atoms with Crippen LogP contribution in [0.15, 0.2) is 42.6 Å². The standard InChI is InChI=1S/C28H31F4N3O3/c1-38-21-2-3-25-22(15-21)27(24(32)17-34-25)23(31)4-5-28(16-26(36)37)6-9-35(10-7-28)11-8-33-20-13-18(29)12-19(30)14-20/h2-3,12-15,17,23,33H,4-11,16H2,1H3,(H,36,37). The van der Waals surface area contributed by atoms with Crippen molar-refractivity contribution >= 4 is 22.6 Å². The SMILES string of the molecule is COc1ccc2ncc(F)c(C(F)CCC3(CC(=O)O)CCN(CCNc4cc(F)cc(F)c4)CC3)c2c1. The number of pyridine rings is 1. The Hall–Kier alpha value is -3.40. The number of carboxylic acids is 1. The van der Waals surface area contributed by atoms with Gasteiger partial charge in [0.05, 0.1) is 25.2 Å². The number of methoxy groups -OCH3 is 1. The number of nitrogens with one attached hydrogen (secondary N) is 1. The van der Waals surface area contributed by atoms with Crippen molar-refractivity contribution in [2.24, 2.45) is 5.41 Å². The average Bonchev–Trinajstić information content (AvgIpc) is 2.87. The summed E-state index contributed by atoms with van der Waals surface area (Å²) in [6.07, 6.45) is 0.653. The number of nitrogens with zero attached hydrogens (tertiary/aromatic N) is 2. The second-order valence-electron chi connectivity index (χ2n) is 9.91. The highest BCUT2D eigenvalue weighted by Gasteiger charge is 2.37. The number of rotatable bonds is 11. The molecule has 10 heteroatoms. The molecular formula is C28H31F4N3O3. The highest BCUT2D eigenvalue weighted by atomic mass is 19.1. The van der Waals surface area contributed by atoms with Crippen molar-refractivity contribution in [3.05, 3.63) is 65.6 Å². The second-order valence-corrected chi connectivity index (χ2v) is 9.91. The van der Waals surface area contributed by atoms with Gasteiger partial charge in [0.1, 0.15) is 29.4 Å². The second kappa shape index (κ2) is 12.0. The molecule has 2 heterocycles. The van der Waals surface area contributed by atoms with Gasteiger partial charge in [-0.2, -0.15) is 0 Å². The number of likely N-dealkylation sites (tertiary alicyclic amines) is 1. The molecule has 6 nitrogen and oxygen atoms in total. The lowest BCUT2D eigenvalue weighted by Gasteiger charge is -2.41. The number of aliphatic carboxylic acids is 1. The maximum atomic E-state index is 15.6. The number of hydrogen-bond acceptors (Lipinski definition) is 5. The first kappa shape index (κ1) is 27.6. The first-order valence-electron chi connectivity index (χ1n) is 12.6. The zero-order valence-corrected chi connectivity index (χ0v) is 21.2. The Balaban J connectivity index is 1.38. The van der Waals surface area contributed by atoms with E-state index < -0.39 is 35.0 Å². The molecule has 1 aromatic heterocycles. The molecule has 1 aliphatic heterocycles. The molecule has 1 unspecified atom stereocenters. The first-order chi connectivity index (χ1) is 18.2. The van der Waals surface area contributed by atoms with Crippen molar-refractivity contribution in [2.45, 2.75) is 38.3 Å². The minimum absolute atomic E-state index is 0.0206. The fourth-order valence-corrected chi connectivity index (χ4v) is 5.29. The van der Waals surface area contributed by atoms with Crippen molar-refractivity contribution in [3.8, 4) is 5.75 Å². The van der Waals surface area contributed by atoms with Crippen molar-refractivity contribution in [1.82, 2.24) is 9.88 Å². The summed E-state index contributed by atoms with van der Waals surface area (Å²) in [5.74, 6) is -2.55. The number of benzene rings is 2. The van der Waals surface area contributed by atoms with Gasteiger partial charge in [-0.25, -0.2) is 17.6 Å². The Bertz CT molecular complexity index is 1260. The van der Waals surface area contributed by atoms with E-state index in [2.05, 4.69) is 15.2 Å².